The topological polar surface area (TPSA) is 38.9 Å². The fourth-order valence-corrected chi connectivity index (χ4v) is 2.23. The van der Waals surface area contributed by atoms with E-state index in [0.29, 0.717) is 5.13 Å². The summed E-state index contributed by atoms with van der Waals surface area (Å²) in [6.07, 6.45) is 2.88. The highest BCUT2D eigenvalue weighted by Crippen LogP contribution is 2.30. The van der Waals surface area contributed by atoms with Crippen LogP contribution in [-0.2, 0) is 6.42 Å². The Hall–Kier alpha value is -1.35. The first-order valence-corrected chi connectivity index (χ1v) is 5.42. The van der Waals surface area contributed by atoms with Crippen LogP contribution >= 0.6 is 11.3 Å². The maximum absolute atomic E-state index is 5.61. The van der Waals surface area contributed by atoms with E-state index in [1.165, 1.54) is 22.5 Å². The van der Waals surface area contributed by atoms with Crippen LogP contribution in [0, 0.1) is 0 Å². The number of aromatic nitrogens is 1. The highest BCUT2D eigenvalue weighted by Gasteiger charge is 2.05. The summed E-state index contributed by atoms with van der Waals surface area (Å²) in [5, 5.41) is 0.630. The minimum Gasteiger partial charge on any atom is -0.375 e. The van der Waals surface area contributed by atoms with Crippen LogP contribution in [0.1, 0.15) is 12.5 Å². The SMILES string of the molecule is CCc1ccccc1-c1cnc(N)s1. The zero-order valence-corrected chi connectivity index (χ0v) is 8.84. The molecule has 0 spiro atoms. The molecule has 2 rings (SSSR count). The van der Waals surface area contributed by atoms with Gasteiger partial charge in [-0.2, -0.15) is 0 Å². The van der Waals surface area contributed by atoms with Gasteiger partial charge in [0, 0.05) is 6.20 Å². The zero-order chi connectivity index (χ0) is 9.97. The molecular weight excluding hydrogens is 192 g/mol. The second-order valence-corrected chi connectivity index (χ2v) is 4.14. The minimum absolute atomic E-state index is 0.630. The Labute approximate surface area is 87.4 Å². The van der Waals surface area contributed by atoms with E-state index in [2.05, 4.69) is 30.1 Å². The summed E-state index contributed by atoms with van der Waals surface area (Å²) in [6, 6.07) is 8.37. The number of hydrogen-bond acceptors (Lipinski definition) is 3. The number of nitrogens with zero attached hydrogens (tertiary/aromatic N) is 1. The molecule has 2 nitrogen and oxygen atoms in total. The summed E-state index contributed by atoms with van der Waals surface area (Å²) in [4.78, 5) is 5.22. The summed E-state index contributed by atoms with van der Waals surface area (Å²) in [5.74, 6) is 0. The molecule has 2 N–H and O–H groups in total. The first kappa shape index (κ1) is 9.21. The van der Waals surface area contributed by atoms with E-state index >= 15 is 0 Å². The van der Waals surface area contributed by atoms with Gasteiger partial charge in [0.25, 0.3) is 0 Å². The molecule has 0 aliphatic heterocycles. The van der Waals surface area contributed by atoms with E-state index in [0.717, 1.165) is 11.3 Å². The van der Waals surface area contributed by atoms with Crippen molar-refractivity contribution >= 4 is 16.5 Å². The number of benzene rings is 1. The van der Waals surface area contributed by atoms with Crippen molar-refractivity contribution in [3.05, 3.63) is 36.0 Å². The van der Waals surface area contributed by atoms with Crippen LogP contribution in [0.5, 0.6) is 0 Å². The molecule has 0 amide bonds. The quantitative estimate of drug-likeness (QED) is 0.816. The molecule has 0 radical (unpaired) electrons. The third-order valence-corrected chi connectivity index (χ3v) is 3.05. The van der Waals surface area contributed by atoms with E-state index in [1.54, 1.807) is 0 Å². The van der Waals surface area contributed by atoms with Crippen molar-refractivity contribution in [1.29, 1.82) is 0 Å². The molecule has 0 aliphatic carbocycles. The third kappa shape index (κ3) is 1.63. The lowest BCUT2D eigenvalue weighted by molar-refractivity contribution is 1.14. The number of aryl methyl sites for hydroxylation is 1. The van der Waals surface area contributed by atoms with E-state index in [9.17, 15) is 0 Å². The van der Waals surface area contributed by atoms with Crippen molar-refractivity contribution in [2.24, 2.45) is 0 Å². The van der Waals surface area contributed by atoms with Crippen molar-refractivity contribution in [2.75, 3.05) is 5.73 Å². The molecule has 1 aromatic heterocycles. The van der Waals surface area contributed by atoms with Gasteiger partial charge in [-0.1, -0.05) is 42.5 Å². The second-order valence-electron chi connectivity index (χ2n) is 3.07. The standard InChI is InChI=1S/C11H12N2S/c1-2-8-5-3-4-6-9(8)10-7-13-11(12)14-10/h3-7H,2H2,1H3,(H2,12,13). The van der Waals surface area contributed by atoms with Crippen LogP contribution in [0.15, 0.2) is 30.5 Å². The van der Waals surface area contributed by atoms with Crippen LogP contribution in [0.25, 0.3) is 10.4 Å². The number of nitrogens with two attached hydrogens (primary N) is 1. The van der Waals surface area contributed by atoms with Gasteiger partial charge < -0.3 is 5.73 Å². The molecule has 2 aromatic rings. The van der Waals surface area contributed by atoms with Gasteiger partial charge >= 0.3 is 0 Å². The van der Waals surface area contributed by atoms with Crippen molar-refractivity contribution in [3.63, 3.8) is 0 Å². The Bertz CT molecular complexity index is 434. The Morgan fingerprint density at radius 1 is 1.36 bits per heavy atom. The molecule has 0 aliphatic rings. The maximum atomic E-state index is 5.61. The molecule has 14 heavy (non-hydrogen) atoms. The second kappa shape index (κ2) is 3.80. The highest BCUT2D eigenvalue weighted by atomic mass is 32.1. The Kier molecular flexibility index (Phi) is 2.50. The van der Waals surface area contributed by atoms with Gasteiger partial charge in [0.15, 0.2) is 5.13 Å². The van der Waals surface area contributed by atoms with Gasteiger partial charge in [-0.05, 0) is 17.5 Å². The van der Waals surface area contributed by atoms with Crippen molar-refractivity contribution in [1.82, 2.24) is 4.98 Å². The Balaban J connectivity index is 2.50. The van der Waals surface area contributed by atoms with Gasteiger partial charge in [0.1, 0.15) is 0 Å². The molecule has 0 unspecified atom stereocenters. The number of hydrogen-bond donors (Lipinski definition) is 1. The fourth-order valence-electron chi connectivity index (χ4n) is 1.48. The van der Waals surface area contributed by atoms with E-state index in [-0.39, 0.29) is 0 Å². The molecule has 0 fully saturated rings. The average molecular weight is 204 g/mol. The normalized spacial score (nSPS) is 10.4. The molecule has 0 saturated heterocycles. The number of thiazole rings is 1. The Morgan fingerprint density at radius 2 is 2.14 bits per heavy atom. The summed E-state index contributed by atoms with van der Waals surface area (Å²) in [6.45, 7) is 2.16. The molecule has 0 atom stereocenters. The summed E-state index contributed by atoms with van der Waals surface area (Å²) in [5.41, 5.74) is 8.21. The van der Waals surface area contributed by atoms with Crippen molar-refractivity contribution in [3.8, 4) is 10.4 Å². The molecule has 0 saturated carbocycles. The molecular formula is C11H12N2S. The van der Waals surface area contributed by atoms with Crippen LogP contribution in [0.2, 0.25) is 0 Å². The van der Waals surface area contributed by atoms with Gasteiger partial charge in [-0.25, -0.2) is 4.98 Å². The third-order valence-electron chi connectivity index (χ3n) is 2.19. The van der Waals surface area contributed by atoms with E-state index < -0.39 is 0 Å². The summed E-state index contributed by atoms with van der Waals surface area (Å²) >= 11 is 1.54. The number of nitrogen functional groups attached to an aromatic ring is 1. The molecule has 1 heterocycles. The van der Waals surface area contributed by atoms with Gasteiger partial charge in [0.05, 0.1) is 4.88 Å². The molecule has 72 valence electrons. The molecule has 3 heteroatoms. The van der Waals surface area contributed by atoms with E-state index in [4.69, 9.17) is 5.73 Å². The molecule has 1 aromatic carbocycles. The first-order valence-electron chi connectivity index (χ1n) is 4.61. The zero-order valence-electron chi connectivity index (χ0n) is 8.03. The van der Waals surface area contributed by atoms with Crippen LogP contribution in [0.4, 0.5) is 5.13 Å². The van der Waals surface area contributed by atoms with Crippen molar-refractivity contribution in [2.45, 2.75) is 13.3 Å². The van der Waals surface area contributed by atoms with Crippen LogP contribution < -0.4 is 5.73 Å². The van der Waals surface area contributed by atoms with Crippen molar-refractivity contribution < 1.29 is 0 Å². The van der Waals surface area contributed by atoms with Gasteiger partial charge in [0.2, 0.25) is 0 Å². The Morgan fingerprint density at radius 3 is 2.79 bits per heavy atom. The summed E-state index contributed by atoms with van der Waals surface area (Å²) < 4.78 is 0. The lowest BCUT2D eigenvalue weighted by Gasteiger charge is -2.03. The minimum atomic E-state index is 0.630. The number of anilines is 1. The lowest BCUT2D eigenvalue weighted by Crippen LogP contribution is -1.83. The van der Waals surface area contributed by atoms with E-state index in [1.807, 2.05) is 12.3 Å². The van der Waals surface area contributed by atoms with Crippen LogP contribution in [-0.4, -0.2) is 4.98 Å². The maximum Gasteiger partial charge on any atom is 0.180 e. The summed E-state index contributed by atoms with van der Waals surface area (Å²) in [7, 11) is 0. The predicted octanol–water partition coefficient (Wildman–Crippen LogP) is 2.95. The van der Waals surface area contributed by atoms with Crippen LogP contribution in [0.3, 0.4) is 0 Å². The smallest absolute Gasteiger partial charge is 0.180 e. The predicted molar refractivity (Wildman–Crippen MR) is 61.3 cm³/mol. The average Bonchev–Trinajstić information content (AvgIpc) is 2.65. The monoisotopic (exact) mass is 204 g/mol. The first-order chi connectivity index (χ1) is 6.81. The largest absolute Gasteiger partial charge is 0.375 e. The van der Waals surface area contributed by atoms with Gasteiger partial charge in [-0.3, -0.25) is 0 Å². The van der Waals surface area contributed by atoms with Gasteiger partial charge in [-0.15, -0.1) is 0 Å². The highest BCUT2D eigenvalue weighted by molar-refractivity contribution is 7.18. The lowest BCUT2D eigenvalue weighted by atomic mass is 10.0. The fraction of sp³-hybridized carbons (Fsp3) is 0.182. The molecule has 0 bridgehead atoms. The number of rotatable bonds is 2.